The zero-order valence-electron chi connectivity index (χ0n) is 33.8. The quantitative estimate of drug-likeness (QED) is 0.0314. The number of hydrogen-bond acceptors (Lipinski definition) is 12. The van der Waals surface area contributed by atoms with Crippen molar-refractivity contribution < 1.29 is 74.8 Å². The van der Waals surface area contributed by atoms with Crippen LogP contribution >= 0.6 is 0 Å². The molecule has 4 rings (SSSR count). The average molecular weight is 867 g/mol. The van der Waals surface area contributed by atoms with Crippen LogP contribution in [0.3, 0.4) is 0 Å². The highest BCUT2D eigenvalue weighted by molar-refractivity contribution is 5.94. The Labute approximate surface area is 357 Å². The minimum absolute atomic E-state index is 0.00979. The van der Waals surface area contributed by atoms with Gasteiger partial charge in [0.2, 0.25) is 0 Å². The third kappa shape index (κ3) is 12.6. The van der Waals surface area contributed by atoms with E-state index < -0.39 is 70.2 Å². The van der Waals surface area contributed by atoms with Gasteiger partial charge in [-0.25, -0.2) is 33.2 Å². The van der Waals surface area contributed by atoms with Crippen LogP contribution in [0.25, 0.3) is 5.57 Å². The molecule has 4 aromatic rings. The van der Waals surface area contributed by atoms with Gasteiger partial charge in [-0.1, -0.05) is 50.3 Å². The lowest BCUT2D eigenvalue weighted by molar-refractivity contribution is -0.141. The van der Waals surface area contributed by atoms with Gasteiger partial charge in [-0.05, 0) is 93.4 Å². The minimum atomic E-state index is -4.99. The lowest BCUT2D eigenvalue weighted by atomic mass is 10.1. The molecule has 0 spiro atoms. The van der Waals surface area contributed by atoms with Crippen LogP contribution in [0.15, 0.2) is 128 Å². The number of benzene rings is 4. The second-order valence-electron chi connectivity index (χ2n) is 13.0. The van der Waals surface area contributed by atoms with Crippen LogP contribution in [-0.2, 0) is 30.1 Å². The Balaban J connectivity index is 1.59. The summed E-state index contributed by atoms with van der Waals surface area (Å²) in [5.41, 5.74) is -2.14. The van der Waals surface area contributed by atoms with Crippen molar-refractivity contribution in [1.82, 2.24) is 0 Å². The molecule has 0 atom stereocenters. The SMILES string of the molecule is C=CC(=O)Oc1ccc(C#Cc2cc(F)c(C(=O)OC(C)=C(C)c3ccc(OC(=O)c4ccc(OC(=O)C(=C)C)c(C(F)(F)F)c4)cc3)cc2OC(=O)C(=C)C)c(OC(=O)C=C)c1. The molecular weight excluding hydrogens is 832 g/mol. The van der Waals surface area contributed by atoms with Crippen molar-refractivity contribution in [3.05, 3.63) is 167 Å². The molecule has 0 heterocycles. The predicted molar refractivity (Wildman–Crippen MR) is 218 cm³/mol. The maximum atomic E-state index is 15.6. The smallest absolute Gasteiger partial charge is 0.420 e. The van der Waals surface area contributed by atoms with Crippen molar-refractivity contribution in [2.75, 3.05) is 0 Å². The Morgan fingerprint density at radius 1 is 0.587 bits per heavy atom. The van der Waals surface area contributed by atoms with Crippen LogP contribution in [0.4, 0.5) is 17.6 Å². The predicted octanol–water partition coefficient (Wildman–Crippen LogP) is 9.22. The minimum Gasteiger partial charge on any atom is -0.427 e. The summed E-state index contributed by atoms with van der Waals surface area (Å²) in [6.07, 6.45) is -3.21. The van der Waals surface area contributed by atoms with E-state index in [9.17, 15) is 41.9 Å². The zero-order valence-corrected chi connectivity index (χ0v) is 33.8. The molecule has 63 heavy (non-hydrogen) atoms. The third-order valence-electron chi connectivity index (χ3n) is 8.23. The zero-order chi connectivity index (χ0) is 46.8. The fraction of sp³-hybridized carbons (Fsp3) is 0.106. The lowest BCUT2D eigenvalue weighted by Gasteiger charge is -2.14. The van der Waals surface area contributed by atoms with E-state index in [1.54, 1.807) is 6.92 Å². The monoisotopic (exact) mass is 866 g/mol. The number of rotatable bonds is 13. The first kappa shape index (κ1) is 47.4. The molecule has 4 aromatic carbocycles. The van der Waals surface area contributed by atoms with Gasteiger partial charge in [0.15, 0.2) is 5.75 Å². The molecule has 0 fully saturated rings. The molecule has 0 aromatic heterocycles. The molecule has 322 valence electrons. The van der Waals surface area contributed by atoms with Crippen molar-refractivity contribution >= 4 is 41.4 Å². The summed E-state index contributed by atoms with van der Waals surface area (Å²) in [7, 11) is 0. The summed E-state index contributed by atoms with van der Waals surface area (Å²) >= 11 is 0. The lowest BCUT2D eigenvalue weighted by Crippen LogP contribution is -2.16. The highest BCUT2D eigenvalue weighted by atomic mass is 19.4. The second kappa shape index (κ2) is 20.3. The molecule has 0 aliphatic carbocycles. The number of alkyl halides is 3. The van der Waals surface area contributed by atoms with Crippen molar-refractivity contribution in [1.29, 1.82) is 0 Å². The first-order valence-electron chi connectivity index (χ1n) is 18.0. The number of carbonyl (C=O) groups is 6. The molecule has 0 N–H and O–H groups in total. The van der Waals surface area contributed by atoms with Crippen molar-refractivity contribution in [2.24, 2.45) is 0 Å². The first-order valence-corrected chi connectivity index (χ1v) is 18.0. The average Bonchev–Trinajstić information content (AvgIpc) is 3.23. The maximum Gasteiger partial charge on any atom is 0.420 e. The largest absolute Gasteiger partial charge is 0.427 e. The van der Waals surface area contributed by atoms with Crippen LogP contribution in [0.1, 0.15) is 70.7 Å². The number of carbonyl (C=O) groups excluding carboxylic acids is 6. The normalized spacial score (nSPS) is 11.0. The third-order valence-corrected chi connectivity index (χ3v) is 8.23. The Morgan fingerprint density at radius 2 is 1.13 bits per heavy atom. The summed E-state index contributed by atoms with van der Waals surface area (Å²) in [5.74, 6) is -3.40. The highest BCUT2D eigenvalue weighted by Gasteiger charge is 2.36. The van der Waals surface area contributed by atoms with E-state index in [0.717, 1.165) is 36.4 Å². The van der Waals surface area contributed by atoms with Gasteiger partial charge in [0.25, 0.3) is 0 Å². The molecule has 0 saturated carbocycles. The number of esters is 6. The molecule has 0 aliphatic heterocycles. The molecule has 0 amide bonds. The molecule has 16 heteroatoms. The number of hydrogen-bond donors (Lipinski definition) is 0. The van der Waals surface area contributed by atoms with Gasteiger partial charge < -0.3 is 28.4 Å². The summed E-state index contributed by atoms with van der Waals surface area (Å²) in [4.78, 5) is 74.3. The van der Waals surface area contributed by atoms with E-state index >= 15 is 4.39 Å². The van der Waals surface area contributed by atoms with Gasteiger partial charge in [0.05, 0.1) is 27.8 Å². The molecule has 0 aliphatic rings. The van der Waals surface area contributed by atoms with Crippen molar-refractivity contribution in [2.45, 2.75) is 33.9 Å². The highest BCUT2D eigenvalue weighted by Crippen LogP contribution is 2.37. The number of halogens is 4. The van der Waals surface area contributed by atoms with Gasteiger partial charge in [0.1, 0.15) is 34.6 Å². The molecular formula is C47H34F4O12. The summed E-state index contributed by atoms with van der Waals surface area (Å²) in [6, 6.07) is 13.4. The van der Waals surface area contributed by atoms with Gasteiger partial charge in [0, 0.05) is 29.4 Å². The van der Waals surface area contributed by atoms with E-state index in [-0.39, 0.29) is 51.0 Å². The maximum absolute atomic E-state index is 15.6. The van der Waals surface area contributed by atoms with E-state index in [1.165, 1.54) is 63.2 Å². The Bertz CT molecular complexity index is 2690. The second-order valence-corrected chi connectivity index (χ2v) is 13.0. The Morgan fingerprint density at radius 3 is 1.71 bits per heavy atom. The fourth-order valence-electron chi connectivity index (χ4n) is 4.84. The van der Waals surface area contributed by atoms with E-state index in [1.807, 2.05) is 0 Å². The van der Waals surface area contributed by atoms with Gasteiger partial charge in [-0.3, -0.25) is 0 Å². The summed E-state index contributed by atoms with van der Waals surface area (Å²) < 4.78 is 88.0. The Kier molecular flexibility index (Phi) is 15.3. The van der Waals surface area contributed by atoms with Crippen LogP contribution in [0.2, 0.25) is 0 Å². The topological polar surface area (TPSA) is 158 Å². The van der Waals surface area contributed by atoms with Crippen LogP contribution in [0.5, 0.6) is 28.7 Å². The van der Waals surface area contributed by atoms with Crippen molar-refractivity contribution in [3.8, 4) is 40.6 Å². The number of allylic oxidation sites excluding steroid dienone is 2. The first-order chi connectivity index (χ1) is 29.6. The molecule has 0 saturated heterocycles. The van der Waals surface area contributed by atoms with Gasteiger partial charge in [-0.15, -0.1) is 0 Å². The molecule has 0 unspecified atom stereocenters. The van der Waals surface area contributed by atoms with Crippen LogP contribution < -0.4 is 23.7 Å². The van der Waals surface area contributed by atoms with Crippen LogP contribution in [-0.4, -0.2) is 35.8 Å². The van der Waals surface area contributed by atoms with Gasteiger partial charge >= 0.3 is 42.0 Å². The molecule has 0 radical (unpaired) electrons. The summed E-state index contributed by atoms with van der Waals surface area (Å²) in [5, 5.41) is 0. The summed E-state index contributed by atoms with van der Waals surface area (Å²) in [6.45, 7) is 19.0. The van der Waals surface area contributed by atoms with Gasteiger partial charge in [-0.2, -0.15) is 13.2 Å². The Hall–Kier alpha value is -8.32. The van der Waals surface area contributed by atoms with E-state index in [0.29, 0.717) is 17.2 Å². The standard InChI is InChI=1S/C47H34F4O12/c1-9-41(52)59-34-19-15-30(39(23-34)61-42(53)10-2)11-12-31-22-37(48)35(24-40(31)63-44(55)26(5)6)46(57)58-28(8)27(7)29-13-17-33(18-14-29)60-45(56)32-16-20-38(62-43(54)25(3)4)36(21-32)47(49,50)51/h9-10,13-24H,1-3,5H2,4,6-8H3. The number of ether oxygens (including phenoxy) is 6. The molecule has 0 bridgehead atoms. The fourth-order valence-corrected chi connectivity index (χ4v) is 4.84. The van der Waals surface area contributed by atoms with Crippen LogP contribution in [0, 0.1) is 17.7 Å². The molecule has 12 nitrogen and oxygen atoms in total. The van der Waals surface area contributed by atoms with Crippen molar-refractivity contribution in [3.63, 3.8) is 0 Å². The van der Waals surface area contributed by atoms with E-state index in [4.69, 9.17) is 28.4 Å². The van der Waals surface area contributed by atoms with E-state index in [2.05, 4.69) is 38.2 Å².